The predicted octanol–water partition coefficient (Wildman–Crippen LogP) is 1.95. The van der Waals surface area contributed by atoms with E-state index in [0.29, 0.717) is 11.2 Å². The molecule has 0 radical (unpaired) electrons. The number of anilines is 1. The van der Waals surface area contributed by atoms with Gasteiger partial charge in [-0.3, -0.25) is 0 Å². The maximum atomic E-state index is 5.54. The van der Waals surface area contributed by atoms with Crippen LogP contribution >= 0.6 is 12.2 Å². The standard InChI is InChI=1S/C21H27N3O2S/c1-16-3-7-18(8-4-16)23-21(27)22-15-20(24-11-13-26-14-12-24)17-5-9-19(25-2)10-6-17/h3-10,20H,11-15H2,1-2H3,(H2,22,23,27)/p+1/t20-/m1/s1. The highest BCUT2D eigenvalue weighted by molar-refractivity contribution is 7.80. The van der Waals surface area contributed by atoms with Crippen LogP contribution in [-0.2, 0) is 4.74 Å². The predicted molar refractivity (Wildman–Crippen MR) is 113 cm³/mol. The zero-order valence-corrected chi connectivity index (χ0v) is 16.8. The van der Waals surface area contributed by atoms with E-state index in [4.69, 9.17) is 21.7 Å². The van der Waals surface area contributed by atoms with E-state index < -0.39 is 0 Å². The van der Waals surface area contributed by atoms with Gasteiger partial charge in [-0.15, -0.1) is 0 Å². The number of hydrogen-bond donors (Lipinski definition) is 3. The summed E-state index contributed by atoms with van der Waals surface area (Å²) in [6, 6.07) is 16.9. The second-order valence-electron chi connectivity index (χ2n) is 6.80. The first-order chi connectivity index (χ1) is 13.2. The summed E-state index contributed by atoms with van der Waals surface area (Å²) in [5.41, 5.74) is 3.51. The highest BCUT2D eigenvalue weighted by atomic mass is 32.1. The molecule has 1 heterocycles. The molecule has 3 N–H and O–H groups in total. The largest absolute Gasteiger partial charge is 0.497 e. The van der Waals surface area contributed by atoms with E-state index in [-0.39, 0.29) is 0 Å². The van der Waals surface area contributed by atoms with Gasteiger partial charge in [-0.05, 0) is 55.5 Å². The summed E-state index contributed by atoms with van der Waals surface area (Å²) in [6.45, 7) is 6.43. The van der Waals surface area contributed by atoms with Gasteiger partial charge in [0, 0.05) is 11.3 Å². The molecule has 3 rings (SSSR count). The van der Waals surface area contributed by atoms with Crippen LogP contribution in [0.15, 0.2) is 48.5 Å². The van der Waals surface area contributed by atoms with E-state index in [2.05, 4.69) is 41.8 Å². The molecule has 2 aromatic rings. The fourth-order valence-electron chi connectivity index (χ4n) is 3.32. The van der Waals surface area contributed by atoms with Gasteiger partial charge in [0.1, 0.15) is 24.9 Å². The van der Waals surface area contributed by atoms with E-state index in [9.17, 15) is 0 Å². The molecular formula is C21H28N3O2S+. The molecule has 0 spiro atoms. The Labute approximate surface area is 166 Å². The van der Waals surface area contributed by atoms with E-state index in [1.54, 1.807) is 7.11 Å². The number of nitrogens with one attached hydrogen (secondary N) is 3. The number of benzene rings is 2. The SMILES string of the molecule is COc1ccc([C@@H](CNC(=S)Nc2ccc(C)cc2)[NH+]2CCOCC2)cc1. The molecule has 1 atom stereocenters. The van der Waals surface area contributed by atoms with Crippen LogP contribution in [-0.4, -0.2) is 45.1 Å². The lowest BCUT2D eigenvalue weighted by Crippen LogP contribution is -3.15. The van der Waals surface area contributed by atoms with Gasteiger partial charge < -0.3 is 25.0 Å². The molecule has 6 heteroatoms. The van der Waals surface area contributed by atoms with E-state index in [0.717, 1.165) is 44.3 Å². The smallest absolute Gasteiger partial charge is 0.171 e. The summed E-state index contributed by atoms with van der Waals surface area (Å²) in [6.07, 6.45) is 0. The third kappa shape index (κ3) is 5.66. The molecule has 27 heavy (non-hydrogen) atoms. The van der Waals surface area contributed by atoms with Crippen molar-refractivity contribution < 1.29 is 14.4 Å². The van der Waals surface area contributed by atoms with Crippen molar-refractivity contribution >= 4 is 23.0 Å². The normalized spacial score (nSPS) is 15.8. The minimum Gasteiger partial charge on any atom is -0.497 e. The number of quaternary nitrogens is 1. The van der Waals surface area contributed by atoms with Crippen LogP contribution < -0.4 is 20.3 Å². The zero-order chi connectivity index (χ0) is 19.1. The highest BCUT2D eigenvalue weighted by Crippen LogP contribution is 2.16. The lowest BCUT2D eigenvalue weighted by atomic mass is 10.0. The van der Waals surface area contributed by atoms with Crippen LogP contribution in [0.1, 0.15) is 17.2 Å². The van der Waals surface area contributed by atoms with Gasteiger partial charge in [0.25, 0.3) is 0 Å². The third-order valence-corrected chi connectivity index (χ3v) is 5.17. The number of methoxy groups -OCH3 is 1. The van der Waals surface area contributed by atoms with Gasteiger partial charge in [0.2, 0.25) is 0 Å². The molecule has 0 amide bonds. The first kappa shape index (κ1) is 19.6. The molecule has 0 aromatic heterocycles. The van der Waals surface area contributed by atoms with Crippen molar-refractivity contribution in [3.63, 3.8) is 0 Å². The Hall–Kier alpha value is -2.15. The molecule has 5 nitrogen and oxygen atoms in total. The van der Waals surface area contributed by atoms with Crippen molar-refractivity contribution in [2.75, 3.05) is 45.3 Å². The first-order valence-electron chi connectivity index (χ1n) is 9.33. The fraction of sp³-hybridized carbons (Fsp3) is 0.381. The molecule has 0 aliphatic carbocycles. The quantitative estimate of drug-likeness (QED) is 0.663. The molecular weight excluding hydrogens is 358 g/mol. The van der Waals surface area contributed by atoms with Gasteiger partial charge in [0.05, 0.1) is 26.9 Å². The minimum atomic E-state index is 0.303. The second-order valence-corrected chi connectivity index (χ2v) is 7.21. The van der Waals surface area contributed by atoms with Crippen LogP contribution in [0.5, 0.6) is 5.75 Å². The number of thiocarbonyl (C=S) groups is 1. The number of morpholine rings is 1. The molecule has 0 bridgehead atoms. The van der Waals surface area contributed by atoms with Gasteiger partial charge in [0.15, 0.2) is 5.11 Å². The molecule has 1 aliphatic heterocycles. The van der Waals surface area contributed by atoms with E-state index in [1.165, 1.54) is 16.0 Å². The molecule has 0 unspecified atom stereocenters. The zero-order valence-electron chi connectivity index (χ0n) is 16.0. The van der Waals surface area contributed by atoms with Crippen molar-refractivity contribution in [3.05, 3.63) is 59.7 Å². The summed E-state index contributed by atoms with van der Waals surface area (Å²) in [4.78, 5) is 1.51. The first-order valence-corrected chi connectivity index (χ1v) is 9.74. The number of hydrogen-bond acceptors (Lipinski definition) is 3. The van der Waals surface area contributed by atoms with Crippen LogP contribution in [0.2, 0.25) is 0 Å². The molecule has 1 aliphatic rings. The number of aryl methyl sites for hydroxylation is 1. The Morgan fingerprint density at radius 3 is 2.41 bits per heavy atom. The molecule has 144 valence electrons. The van der Waals surface area contributed by atoms with Crippen molar-refractivity contribution in [2.24, 2.45) is 0 Å². The van der Waals surface area contributed by atoms with Gasteiger partial charge in [-0.2, -0.15) is 0 Å². The van der Waals surface area contributed by atoms with Crippen molar-refractivity contribution in [1.82, 2.24) is 5.32 Å². The summed E-state index contributed by atoms with van der Waals surface area (Å²) in [7, 11) is 1.69. The maximum absolute atomic E-state index is 5.54. The summed E-state index contributed by atoms with van der Waals surface area (Å²) in [5.74, 6) is 0.874. The average Bonchev–Trinajstić information content (AvgIpc) is 2.71. The molecule has 1 fully saturated rings. The van der Waals surface area contributed by atoms with Crippen LogP contribution in [0, 0.1) is 6.92 Å². The summed E-state index contributed by atoms with van der Waals surface area (Å²) in [5, 5.41) is 7.30. The Kier molecular flexibility index (Phi) is 7.04. The highest BCUT2D eigenvalue weighted by Gasteiger charge is 2.26. The third-order valence-electron chi connectivity index (χ3n) is 4.92. The van der Waals surface area contributed by atoms with Crippen molar-refractivity contribution in [2.45, 2.75) is 13.0 Å². The van der Waals surface area contributed by atoms with E-state index >= 15 is 0 Å². The van der Waals surface area contributed by atoms with Gasteiger partial charge >= 0.3 is 0 Å². The lowest BCUT2D eigenvalue weighted by molar-refractivity contribution is -0.937. The topological polar surface area (TPSA) is 47.0 Å². The Morgan fingerprint density at radius 2 is 1.78 bits per heavy atom. The molecule has 2 aromatic carbocycles. The summed E-state index contributed by atoms with van der Waals surface area (Å²) >= 11 is 5.50. The Bertz CT molecular complexity index is 728. The van der Waals surface area contributed by atoms with Crippen molar-refractivity contribution in [1.29, 1.82) is 0 Å². The molecule has 0 saturated carbocycles. The Balaban J connectivity index is 1.64. The maximum Gasteiger partial charge on any atom is 0.171 e. The summed E-state index contributed by atoms with van der Waals surface area (Å²) < 4.78 is 10.8. The van der Waals surface area contributed by atoms with Gasteiger partial charge in [-0.1, -0.05) is 17.7 Å². The van der Waals surface area contributed by atoms with Crippen LogP contribution in [0.3, 0.4) is 0 Å². The van der Waals surface area contributed by atoms with Crippen LogP contribution in [0.4, 0.5) is 5.69 Å². The lowest BCUT2D eigenvalue weighted by Gasteiger charge is -2.32. The second kappa shape index (κ2) is 9.69. The average molecular weight is 387 g/mol. The van der Waals surface area contributed by atoms with E-state index in [1.807, 2.05) is 24.3 Å². The monoisotopic (exact) mass is 386 g/mol. The van der Waals surface area contributed by atoms with Gasteiger partial charge in [-0.25, -0.2) is 0 Å². The fourth-order valence-corrected chi connectivity index (χ4v) is 3.52. The van der Waals surface area contributed by atoms with Crippen LogP contribution in [0.25, 0.3) is 0 Å². The Morgan fingerprint density at radius 1 is 1.11 bits per heavy atom. The minimum absolute atomic E-state index is 0.303. The number of rotatable bonds is 6. The van der Waals surface area contributed by atoms with Crippen molar-refractivity contribution in [3.8, 4) is 5.75 Å². The molecule has 1 saturated heterocycles. The number of ether oxygens (including phenoxy) is 2.